The first-order valence-electron chi connectivity index (χ1n) is 9.04. The number of halogens is 2. The van der Waals surface area contributed by atoms with Crippen LogP contribution in [0.5, 0.6) is 0 Å². The van der Waals surface area contributed by atoms with Crippen LogP contribution in [0.15, 0.2) is 41.9 Å². The minimum atomic E-state index is -0.830. The lowest BCUT2D eigenvalue weighted by atomic mass is 10.3. The van der Waals surface area contributed by atoms with E-state index in [9.17, 15) is 13.6 Å². The molecule has 0 atom stereocenters. The van der Waals surface area contributed by atoms with Crippen molar-refractivity contribution in [3.63, 3.8) is 0 Å². The number of benzene rings is 1. The van der Waals surface area contributed by atoms with Gasteiger partial charge in [-0.2, -0.15) is 0 Å². The summed E-state index contributed by atoms with van der Waals surface area (Å²) in [6.45, 7) is 2.51. The number of hydrogen-bond donors (Lipinski definition) is 1. The molecule has 1 aromatic carbocycles. The fraction of sp³-hybridized carbons (Fsp3) is 0.211. The molecular weight excluding hydrogens is 412 g/mol. The van der Waals surface area contributed by atoms with Crippen LogP contribution in [0, 0.1) is 11.6 Å². The highest BCUT2D eigenvalue weighted by atomic mass is 32.2. The Balaban J connectivity index is 1.50. The number of aryl methyl sites for hydroxylation is 1. The summed E-state index contributed by atoms with van der Waals surface area (Å²) >= 11 is 1.17. The summed E-state index contributed by atoms with van der Waals surface area (Å²) in [5.41, 5.74) is 2.27. The third-order valence-corrected chi connectivity index (χ3v) is 5.38. The molecular formula is C19H17F2N7OS. The van der Waals surface area contributed by atoms with Gasteiger partial charge in [-0.3, -0.25) is 9.78 Å². The number of carbonyl (C=O) groups is 1. The maximum atomic E-state index is 13.7. The molecule has 0 aliphatic rings. The van der Waals surface area contributed by atoms with Gasteiger partial charge in [0.05, 0.1) is 29.5 Å². The monoisotopic (exact) mass is 429 g/mol. The Hall–Kier alpha value is -3.34. The van der Waals surface area contributed by atoms with Gasteiger partial charge in [0.15, 0.2) is 11.0 Å². The number of nitrogens with zero attached hydrogens (tertiary/aromatic N) is 6. The Labute approximate surface area is 174 Å². The molecule has 0 bridgehead atoms. The number of nitrogens with one attached hydrogen (secondary N) is 1. The van der Waals surface area contributed by atoms with Gasteiger partial charge in [0.2, 0.25) is 5.91 Å². The molecule has 0 unspecified atom stereocenters. The molecule has 0 aliphatic carbocycles. The van der Waals surface area contributed by atoms with Crippen molar-refractivity contribution in [2.45, 2.75) is 18.6 Å². The number of hydrogen-bond acceptors (Lipinski definition) is 6. The fourth-order valence-electron chi connectivity index (χ4n) is 2.93. The van der Waals surface area contributed by atoms with Crippen LogP contribution in [0.4, 0.5) is 14.5 Å². The van der Waals surface area contributed by atoms with Crippen molar-refractivity contribution < 1.29 is 13.6 Å². The lowest BCUT2D eigenvalue weighted by Gasteiger charge is -2.08. The van der Waals surface area contributed by atoms with E-state index in [0.29, 0.717) is 23.2 Å². The van der Waals surface area contributed by atoms with E-state index in [1.807, 2.05) is 29.2 Å². The molecule has 0 radical (unpaired) electrons. The van der Waals surface area contributed by atoms with E-state index in [1.54, 1.807) is 12.5 Å². The van der Waals surface area contributed by atoms with E-state index in [0.717, 1.165) is 23.2 Å². The summed E-state index contributed by atoms with van der Waals surface area (Å²) in [6.07, 6.45) is 3.39. The Morgan fingerprint density at radius 2 is 2.03 bits per heavy atom. The second-order valence-corrected chi connectivity index (χ2v) is 7.37. The highest BCUT2D eigenvalue weighted by Gasteiger charge is 2.17. The Morgan fingerprint density at radius 3 is 2.80 bits per heavy atom. The first-order chi connectivity index (χ1) is 14.5. The van der Waals surface area contributed by atoms with E-state index in [-0.39, 0.29) is 11.4 Å². The average molecular weight is 429 g/mol. The summed E-state index contributed by atoms with van der Waals surface area (Å²) in [7, 11) is 1.90. The van der Waals surface area contributed by atoms with Crippen molar-refractivity contribution in [1.82, 2.24) is 29.3 Å². The van der Waals surface area contributed by atoms with Crippen LogP contribution >= 0.6 is 11.8 Å². The SMILES string of the molecule is CCn1c(SCC(=O)Nc2ccc(F)cc2F)nnc1-c1cc2c(cn1)ncn2C. The van der Waals surface area contributed by atoms with Gasteiger partial charge < -0.3 is 14.5 Å². The van der Waals surface area contributed by atoms with Crippen molar-refractivity contribution in [3.8, 4) is 11.5 Å². The number of fused-ring (bicyclic) bond motifs is 1. The van der Waals surface area contributed by atoms with Gasteiger partial charge in [0, 0.05) is 19.7 Å². The maximum Gasteiger partial charge on any atom is 0.234 e. The van der Waals surface area contributed by atoms with Gasteiger partial charge in [0.1, 0.15) is 22.8 Å². The quantitative estimate of drug-likeness (QED) is 0.473. The topological polar surface area (TPSA) is 90.5 Å². The molecule has 0 spiro atoms. The summed E-state index contributed by atoms with van der Waals surface area (Å²) < 4.78 is 30.4. The molecule has 8 nitrogen and oxygen atoms in total. The first-order valence-corrected chi connectivity index (χ1v) is 10.0. The number of thioether (sulfide) groups is 1. The Bertz CT molecular complexity index is 1240. The van der Waals surface area contributed by atoms with Crippen molar-refractivity contribution in [2.75, 3.05) is 11.1 Å². The largest absolute Gasteiger partial charge is 0.334 e. The molecule has 3 aromatic heterocycles. The molecule has 0 saturated heterocycles. The van der Waals surface area contributed by atoms with E-state index in [1.165, 1.54) is 17.8 Å². The number of anilines is 1. The normalized spacial score (nSPS) is 11.2. The van der Waals surface area contributed by atoms with Crippen LogP contribution in [-0.4, -0.2) is 41.0 Å². The zero-order valence-corrected chi connectivity index (χ0v) is 17.0. The van der Waals surface area contributed by atoms with Crippen molar-refractivity contribution in [2.24, 2.45) is 7.05 Å². The smallest absolute Gasteiger partial charge is 0.234 e. The van der Waals surface area contributed by atoms with E-state index >= 15 is 0 Å². The van der Waals surface area contributed by atoms with Gasteiger partial charge in [-0.25, -0.2) is 13.8 Å². The average Bonchev–Trinajstić information content (AvgIpc) is 3.31. The lowest BCUT2D eigenvalue weighted by Crippen LogP contribution is -2.15. The molecule has 4 rings (SSSR count). The van der Waals surface area contributed by atoms with Crippen LogP contribution in [0.2, 0.25) is 0 Å². The van der Waals surface area contributed by atoms with Gasteiger partial charge in [0.25, 0.3) is 0 Å². The summed E-state index contributed by atoms with van der Waals surface area (Å²) in [4.78, 5) is 20.9. The van der Waals surface area contributed by atoms with Crippen LogP contribution in [0.1, 0.15) is 6.92 Å². The van der Waals surface area contributed by atoms with Crippen molar-refractivity contribution in [3.05, 3.63) is 48.4 Å². The molecule has 1 amide bonds. The number of aromatic nitrogens is 6. The zero-order chi connectivity index (χ0) is 21.3. The number of amides is 1. The van der Waals surface area contributed by atoms with E-state index in [2.05, 4.69) is 25.5 Å². The summed E-state index contributed by atoms with van der Waals surface area (Å²) in [6, 6.07) is 4.86. The highest BCUT2D eigenvalue weighted by Crippen LogP contribution is 2.25. The fourth-order valence-corrected chi connectivity index (χ4v) is 3.73. The molecule has 154 valence electrons. The molecule has 30 heavy (non-hydrogen) atoms. The van der Waals surface area contributed by atoms with E-state index in [4.69, 9.17) is 0 Å². The van der Waals surface area contributed by atoms with Crippen LogP contribution in [0.3, 0.4) is 0 Å². The standard InChI is InChI=1S/C19H17F2N7OS/c1-3-28-18(14-7-16-15(8-22-14)23-10-27(16)2)25-26-19(28)30-9-17(29)24-13-5-4-11(20)6-12(13)21/h4-8,10H,3,9H2,1-2H3,(H,24,29). The Morgan fingerprint density at radius 1 is 1.20 bits per heavy atom. The van der Waals surface area contributed by atoms with Gasteiger partial charge in [-0.05, 0) is 25.1 Å². The van der Waals surface area contributed by atoms with Crippen LogP contribution in [0.25, 0.3) is 22.6 Å². The van der Waals surface area contributed by atoms with Gasteiger partial charge in [-0.15, -0.1) is 10.2 Å². The van der Waals surface area contributed by atoms with Crippen LogP contribution in [-0.2, 0) is 18.4 Å². The molecule has 3 heterocycles. The molecule has 0 saturated carbocycles. The summed E-state index contributed by atoms with van der Waals surface area (Å²) in [5.74, 6) is -1.41. The minimum absolute atomic E-state index is 0.0108. The first kappa shape index (κ1) is 20.0. The number of pyridine rings is 1. The zero-order valence-electron chi connectivity index (χ0n) is 16.1. The molecule has 11 heteroatoms. The second kappa shape index (κ2) is 8.19. The van der Waals surface area contributed by atoms with Gasteiger partial charge in [-0.1, -0.05) is 11.8 Å². The third kappa shape index (κ3) is 3.88. The lowest BCUT2D eigenvalue weighted by molar-refractivity contribution is -0.113. The van der Waals surface area contributed by atoms with Crippen molar-refractivity contribution in [1.29, 1.82) is 0 Å². The molecule has 0 fully saturated rings. The predicted octanol–water partition coefficient (Wildman–Crippen LogP) is 3.26. The second-order valence-electron chi connectivity index (χ2n) is 6.43. The molecule has 0 aliphatic heterocycles. The minimum Gasteiger partial charge on any atom is -0.334 e. The number of carbonyl (C=O) groups excluding carboxylic acids is 1. The van der Waals surface area contributed by atoms with Crippen LogP contribution < -0.4 is 5.32 Å². The van der Waals surface area contributed by atoms with E-state index < -0.39 is 17.5 Å². The predicted molar refractivity (Wildman–Crippen MR) is 109 cm³/mol. The summed E-state index contributed by atoms with van der Waals surface area (Å²) in [5, 5.41) is 11.4. The number of rotatable bonds is 6. The molecule has 1 N–H and O–H groups in total. The maximum absolute atomic E-state index is 13.7. The van der Waals surface area contributed by atoms with Crippen molar-refractivity contribution >= 4 is 34.4 Å². The van der Waals surface area contributed by atoms with Gasteiger partial charge >= 0.3 is 0 Å². The highest BCUT2D eigenvalue weighted by molar-refractivity contribution is 7.99. The molecule has 4 aromatic rings. The Kier molecular flexibility index (Phi) is 5.44. The third-order valence-electron chi connectivity index (χ3n) is 4.41. The number of imidazole rings is 1.